The van der Waals surface area contributed by atoms with Crippen LogP contribution in [0.15, 0.2) is 0 Å². The molecule has 2 rings (SSSR count). The Hall–Kier alpha value is -0.0400. The molecular formula is C11H22N+. The van der Waals surface area contributed by atoms with Gasteiger partial charge in [0.15, 0.2) is 0 Å². The first-order valence-electron chi connectivity index (χ1n) is 5.52. The van der Waals surface area contributed by atoms with Crippen LogP contribution in [0.1, 0.15) is 39.0 Å². The van der Waals surface area contributed by atoms with Gasteiger partial charge in [0.2, 0.25) is 0 Å². The molecular weight excluding hydrogens is 146 g/mol. The Labute approximate surface area is 76.3 Å². The van der Waals surface area contributed by atoms with Crippen LogP contribution in [0.3, 0.4) is 0 Å². The van der Waals surface area contributed by atoms with E-state index in [1.165, 1.54) is 56.2 Å². The molecule has 70 valence electrons. The first kappa shape index (κ1) is 8.55. The second kappa shape index (κ2) is 2.73. The molecule has 0 amide bonds. The highest BCUT2D eigenvalue weighted by atomic mass is 15.3. The molecule has 12 heavy (non-hydrogen) atoms. The van der Waals surface area contributed by atoms with Crippen LogP contribution in [0, 0.1) is 5.41 Å². The van der Waals surface area contributed by atoms with E-state index in [-0.39, 0.29) is 0 Å². The lowest BCUT2D eigenvalue weighted by Crippen LogP contribution is -2.42. The van der Waals surface area contributed by atoms with Crippen LogP contribution in [-0.4, -0.2) is 31.2 Å². The molecule has 1 aliphatic carbocycles. The van der Waals surface area contributed by atoms with Crippen molar-refractivity contribution in [2.45, 2.75) is 39.0 Å². The summed E-state index contributed by atoms with van der Waals surface area (Å²) < 4.78 is 1.35. The maximum Gasteiger partial charge on any atom is 0.0843 e. The maximum absolute atomic E-state index is 2.44. The zero-order valence-electron chi connectivity index (χ0n) is 8.60. The Kier molecular flexibility index (Phi) is 1.95. The average Bonchev–Trinajstić information content (AvgIpc) is 2.63. The van der Waals surface area contributed by atoms with Gasteiger partial charge in [-0.15, -0.1) is 0 Å². The van der Waals surface area contributed by atoms with E-state index in [1.54, 1.807) is 0 Å². The fraction of sp³-hybridized carbons (Fsp3) is 1.00. The molecule has 0 N–H and O–H groups in total. The molecule has 0 bridgehead atoms. The van der Waals surface area contributed by atoms with Crippen molar-refractivity contribution in [2.75, 3.05) is 26.7 Å². The molecule has 0 aromatic carbocycles. The molecule has 0 aromatic heterocycles. The Morgan fingerprint density at radius 1 is 1.17 bits per heavy atom. The summed E-state index contributed by atoms with van der Waals surface area (Å²) in [7, 11) is 2.44. The standard InChI is InChI=1S/C11H22N/c1-3-12(2)9-8-11(10-12)6-4-5-7-11/h3-10H2,1-2H3/q+1. The van der Waals surface area contributed by atoms with Crippen molar-refractivity contribution in [1.82, 2.24) is 0 Å². The number of hydrogen-bond acceptors (Lipinski definition) is 0. The SMILES string of the molecule is CC[N+]1(C)CCC2(CCCC2)C1. The molecule has 1 saturated heterocycles. The van der Waals surface area contributed by atoms with Crippen molar-refractivity contribution in [1.29, 1.82) is 0 Å². The van der Waals surface area contributed by atoms with Crippen LogP contribution in [0.25, 0.3) is 0 Å². The van der Waals surface area contributed by atoms with Gasteiger partial charge in [-0.3, -0.25) is 0 Å². The van der Waals surface area contributed by atoms with E-state index in [9.17, 15) is 0 Å². The summed E-state index contributed by atoms with van der Waals surface area (Å²) in [6, 6.07) is 0. The second-order valence-electron chi connectivity index (χ2n) is 5.27. The molecule has 0 radical (unpaired) electrons. The molecule has 1 heteroatoms. The number of quaternary nitrogens is 1. The van der Waals surface area contributed by atoms with Gasteiger partial charge in [0, 0.05) is 11.8 Å². The lowest BCUT2D eigenvalue weighted by Gasteiger charge is -2.30. The molecule has 1 spiro atoms. The van der Waals surface area contributed by atoms with E-state index < -0.39 is 0 Å². The Balaban J connectivity index is 2.05. The highest BCUT2D eigenvalue weighted by Gasteiger charge is 2.46. The third-order valence-electron chi connectivity index (χ3n) is 4.33. The van der Waals surface area contributed by atoms with Crippen LogP contribution < -0.4 is 0 Å². The van der Waals surface area contributed by atoms with E-state index in [1.807, 2.05) is 0 Å². The Bertz CT molecular complexity index is 170. The van der Waals surface area contributed by atoms with Gasteiger partial charge in [-0.2, -0.15) is 0 Å². The predicted molar refractivity (Wildman–Crippen MR) is 52.0 cm³/mol. The molecule has 0 aromatic rings. The molecule has 2 fully saturated rings. The zero-order chi connectivity index (χ0) is 8.66. The van der Waals surface area contributed by atoms with Gasteiger partial charge in [-0.25, -0.2) is 0 Å². The molecule has 1 atom stereocenters. The summed E-state index contributed by atoms with van der Waals surface area (Å²) in [5.74, 6) is 0. The van der Waals surface area contributed by atoms with Crippen LogP contribution in [-0.2, 0) is 0 Å². The van der Waals surface area contributed by atoms with Crippen molar-refractivity contribution in [3.05, 3.63) is 0 Å². The normalized spacial score (nSPS) is 39.5. The summed E-state index contributed by atoms with van der Waals surface area (Å²) in [6.07, 6.45) is 7.58. The number of nitrogens with zero attached hydrogens (tertiary/aromatic N) is 1. The number of rotatable bonds is 1. The van der Waals surface area contributed by atoms with Gasteiger partial charge in [0.25, 0.3) is 0 Å². The minimum atomic E-state index is 0.796. The lowest BCUT2D eigenvalue weighted by atomic mass is 9.85. The topological polar surface area (TPSA) is 0 Å². The largest absolute Gasteiger partial charge is 0.326 e. The summed E-state index contributed by atoms with van der Waals surface area (Å²) in [5, 5.41) is 0. The maximum atomic E-state index is 2.44. The summed E-state index contributed by atoms with van der Waals surface area (Å²) in [4.78, 5) is 0. The molecule has 1 nitrogen and oxygen atoms in total. The fourth-order valence-electron chi connectivity index (χ4n) is 3.28. The van der Waals surface area contributed by atoms with Gasteiger partial charge in [-0.1, -0.05) is 12.8 Å². The first-order valence-corrected chi connectivity index (χ1v) is 5.52. The quantitative estimate of drug-likeness (QED) is 0.527. The first-order chi connectivity index (χ1) is 5.68. The predicted octanol–water partition coefficient (Wildman–Crippen LogP) is 2.42. The summed E-state index contributed by atoms with van der Waals surface area (Å²) >= 11 is 0. The highest BCUT2D eigenvalue weighted by Crippen LogP contribution is 2.47. The van der Waals surface area contributed by atoms with E-state index in [4.69, 9.17) is 0 Å². The van der Waals surface area contributed by atoms with Gasteiger partial charge >= 0.3 is 0 Å². The van der Waals surface area contributed by atoms with Crippen LogP contribution in [0.4, 0.5) is 0 Å². The summed E-state index contributed by atoms with van der Waals surface area (Å²) in [5.41, 5.74) is 0.796. The third-order valence-corrected chi connectivity index (χ3v) is 4.33. The minimum absolute atomic E-state index is 0.796. The van der Waals surface area contributed by atoms with Gasteiger partial charge < -0.3 is 4.48 Å². The van der Waals surface area contributed by atoms with Crippen molar-refractivity contribution < 1.29 is 4.48 Å². The monoisotopic (exact) mass is 168 g/mol. The van der Waals surface area contributed by atoms with Crippen molar-refractivity contribution in [2.24, 2.45) is 5.41 Å². The van der Waals surface area contributed by atoms with Crippen molar-refractivity contribution >= 4 is 0 Å². The van der Waals surface area contributed by atoms with E-state index in [0.29, 0.717) is 0 Å². The molecule has 2 aliphatic rings. The molecule has 1 unspecified atom stereocenters. The number of hydrogen-bond donors (Lipinski definition) is 0. The summed E-state index contributed by atoms with van der Waals surface area (Å²) in [6.45, 7) is 6.59. The highest BCUT2D eigenvalue weighted by molar-refractivity contribution is 4.87. The molecule has 1 saturated carbocycles. The molecule has 1 heterocycles. The molecule has 1 aliphatic heterocycles. The zero-order valence-corrected chi connectivity index (χ0v) is 8.60. The third kappa shape index (κ3) is 1.28. The Morgan fingerprint density at radius 3 is 2.33 bits per heavy atom. The van der Waals surface area contributed by atoms with E-state index >= 15 is 0 Å². The second-order valence-corrected chi connectivity index (χ2v) is 5.27. The van der Waals surface area contributed by atoms with Gasteiger partial charge in [0.05, 0.1) is 26.7 Å². The van der Waals surface area contributed by atoms with Gasteiger partial charge in [-0.05, 0) is 19.8 Å². The van der Waals surface area contributed by atoms with E-state index in [0.717, 1.165) is 5.41 Å². The fourth-order valence-corrected chi connectivity index (χ4v) is 3.28. The van der Waals surface area contributed by atoms with Crippen LogP contribution in [0.2, 0.25) is 0 Å². The van der Waals surface area contributed by atoms with Crippen molar-refractivity contribution in [3.63, 3.8) is 0 Å². The lowest BCUT2D eigenvalue weighted by molar-refractivity contribution is -0.898. The van der Waals surface area contributed by atoms with Crippen LogP contribution in [0.5, 0.6) is 0 Å². The minimum Gasteiger partial charge on any atom is -0.326 e. The van der Waals surface area contributed by atoms with E-state index in [2.05, 4.69) is 14.0 Å². The van der Waals surface area contributed by atoms with Crippen LogP contribution >= 0.6 is 0 Å². The van der Waals surface area contributed by atoms with Crippen molar-refractivity contribution in [3.8, 4) is 0 Å². The smallest absolute Gasteiger partial charge is 0.0843 e. The number of likely N-dealkylation sites (tertiary alicyclic amines) is 1. The average molecular weight is 168 g/mol. The van der Waals surface area contributed by atoms with Gasteiger partial charge in [0.1, 0.15) is 0 Å². The Morgan fingerprint density at radius 2 is 1.83 bits per heavy atom.